The predicted octanol–water partition coefficient (Wildman–Crippen LogP) is -1.98. The quantitative estimate of drug-likeness (QED) is 0.292. The number of aliphatic carboxylic acids is 1. The molecule has 0 aliphatic heterocycles. The fourth-order valence-corrected chi connectivity index (χ4v) is 1.94. The van der Waals surface area contributed by atoms with Crippen molar-refractivity contribution in [3.8, 4) is 0 Å². The average molecular weight is 334 g/mol. The highest BCUT2D eigenvalue weighted by Crippen LogP contribution is 2.01. The van der Waals surface area contributed by atoms with E-state index in [-0.39, 0.29) is 25.8 Å². The molecule has 0 aliphatic carbocycles. The molecule has 2 atom stereocenters. The van der Waals surface area contributed by atoms with Crippen molar-refractivity contribution >= 4 is 35.5 Å². The molecule has 10 heteroatoms. The van der Waals surface area contributed by atoms with Crippen molar-refractivity contribution in [3.63, 3.8) is 0 Å². The summed E-state index contributed by atoms with van der Waals surface area (Å²) < 4.78 is 0. The van der Waals surface area contributed by atoms with E-state index >= 15 is 0 Å². The molecule has 0 aliphatic rings. The lowest BCUT2D eigenvalue weighted by molar-refractivity contribution is -0.141. The van der Waals surface area contributed by atoms with Crippen molar-refractivity contribution in [2.24, 2.45) is 11.5 Å². The molecule has 0 aromatic heterocycles. The van der Waals surface area contributed by atoms with E-state index in [4.69, 9.17) is 16.6 Å². The van der Waals surface area contributed by atoms with Gasteiger partial charge in [0.05, 0.1) is 12.6 Å². The number of carboxylic acids is 1. The molecule has 0 aromatic rings. The van der Waals surface area contributed by atoms with Crippen molar-refractivity contribution in [2.75, 3.05) is 18.6 Å². The molecule has 0 saturated heterocycles. The summed E-state index contributed by atoms with van der Waals surface area (Å²) >= 11 is 1.47. The van der Waals surface area contributed by atoms with Crippen molar-refractivity contribution in [2.45, 2.75) is 31.3 Å². The smallest absolute Gasteiger partial charge is 0.326 e. The van der Waals surface area contributed by atoms with Crippen LogP contribution in [0.5, 0.6) is 0 Å². The van der Waals surface area contributed by atoms with Gasteiger partial charge in [0.15, 0.2) is 0 Å². The first-order valence-electron chi connectivity index (χ1n) is 6.60. The number of primary amides is 1. The van der Waals surface area contributed by atoms with Crippen molar-refractivity contribution in [1.82, 2.24) is 10.6 Å². The van der Waals surface area contributed by atoms with Crippen LogP contribution in [0.1, 0.15) is 19.3 Å². The molecule has 22 heavy (non-hydrogen) atoms. The second-order valence-electron chi connectivity index (χ2n) is 4.57. The fourth-order valence-electron chi connectivity index (χ4n) is 1.47. The zero-order valence-corrected chi connectivity index (χ0v) is 13.1. The second kappa shape index (κ2) is 10.9. The van der Waals surface area contributed by atoms with Crippen LogP contribution in [0.15, 0.2) is 0 Å². The van der Waals surface area contributed by atoms with Crippen LogP contribution in [-0.4, -0.2) is 59.4 Å². The molecule has 0 bridgehead atoms. The van der Waals surface area contributed by atoms with Gasteiger partial charge in [-0.15, -0.1) is 0 Å². The third-order valence-electron chi connectivity index (χ3n) is 2.71. The second-order valence-corrected chi connectivity index (χ2v) is 5.55. The van der Waals surface area contributed by atoms with Crippen LogP contribution in [0.2, 0.25) is 0 Å². The largest absolute Gasteiger partial charge is 0.480 e. The Hall–Kier alpha value is -1.81. The Morgan fingerprint density at radius 1 is 1.23 bits per heavy atom. The molecule has 0 fully saturated rings. The molecule has 0 saturated carbocycles. The molecular formula is C12H22N4O5S. The highest BCUT2D eigenvalue weighted by Gasteiger charge is 2.20. The number of carboxylic acid groups (broad SMARTS) is 1. The molecule has 0 unspecified atom stereocenters. The predicted molar refractivity (Wildman–Crippen MR) is 82.0 cm³/mol. The first-order valence-corrected chi connectivity index (χ1v) is 8.00. The Morgan fingerprint density at radius 3 is 2.36 bits per heavy atom. The summed E-state index contributed by atoms with van der Waals surface area (Å²) in [6.07, 6.45) is 2.16. The summed E-state index contributed by atoms with van der Waals surface area (Å²) in [7, 11) is 0. The summed E-state index contributed by atoms with van der Waals surface area (Å²) in [5, 5.41) is 13.6. The maximum atomic E-state index is 11.6. The number of carbonyl (C=O) groups excluding carboxylic acids is 3. The number of nitrogens with two attached hydrogens (primary N) is 2. The van der Waals surface area contributed by atoms with E-state index < -0.39 is 35.8 Å². The van der Waals surface area contributed by atoms with Crippen molar-refractivity contribution in [1.29, 1.82) is 0 Å². The van der Waals surface area contributed by atoms with Crippen LogP contribution in [0.3, 0.4) is 0 Å². The van der Waals surface area contributed by atoms with Crippen LogP contribution in [0.4, 0.5) is 0 Å². The maximum Gasteiger partial charge on any atom is 0.326 e. The monoisotopic (exact) mass is 334 g/mol. The SMILES string of the molecule is CSCC[C@H](NC(=O)CNC(=O)[C@@H](N)CCC(N)=O)C(=O)O. The fraction of sp³-hybridized carbons (Fsp3) is 0.667. The lowest BCUT2D eigenvalue weighted by Gasteiger charge is -2.15. The van der Waals surface area contributed by atoms with Gasteiger partial charge in [-0.25, -0.2) is 4.79 Å². The van der Waals surface area contributed by atoms with E-state index in [0.717, 1.165) is 0 Å². The van der Waals surface area contributed by atoms with Crippen molar-refractivity contribution in [3.05, 3.63) is 0 Å². The first kappa shape index (κ1) is 20.2. The Kier molecular flexibility index (Phi) is 9.96. The van der Waals surface area contributed by atoms with Crippen LogP contribution in [0.25, 0.3) is 0 Å². The molecule has 0 radical (unpaired) electrons. The molecule has 9 nitrogen and oxygen atoms in total. The van der Waals surface area contributed by atoms with Crippen LogP contribution < -0.4 is 22.1 Å². The third kappa shape index (κ3) is 9.19. The summed E-state index contributed by atoms with van der Waals surface area (Å²) in [6, 6.07) is -1.95. The highest BCUT2D eigenvalue weighted by molar-refractivity contribution is 7.98. The lowest BCUT2D eigenvalue weighted by Crippen LogP contribution is -2.48. The van der Waals surface area contributed by atoms with Gasteiger partial charge in [-0.3, -0.25) is 14.4 Å². The van der Waals surface area contributed by atoms with E-state index in [9.17, 15) is 19.2 Å². The van der Waals surface area contributed by atoms with Gasteiger partial charge in [0, 0.05) is 6.42 Å². The van der Waals surface area contributed by atoms with Gasteiger partial charge in [0.25, 0.3) is 0 Å². The molecule has 126 valence electrons. The minimum Gasteiger partial charge on any atom is -0.480 e. The van der Waals surface area contributed by atoms with Crippen LogP contribution in [-0.2, 0) is 19.2 Å². The Morgan fingerprint density at radius 2 is 1.86 bits per heavy atom. The van der Waals surface area contributed by atoms with Gasteiger partial charge in [-0.05, 0) is 24.9 Å². The van der Waals surface area contributed by atoms with E-state index in [2.05, 4.69) is 10.6 Å². The van der Waals surface area contributed by atoms with Gasteiger partial charge >= 0.3 is 5.97 Å². The van der Waals surface area contributed by atoms with Gasteiger partial charge in [0.1, 0.15) is 6.04 Å². The van der Waals surface area contributed by atoms with E-state index in [1.165, 1.54) is 11.8 Å². The third-order valence-corrected chi connectivity index (χ3v) is 3.35. The molecule has 0 heterocycles. The Bertz CT molecular complexity index is 418. The minimum atomic E-state index is -1.13. The zero-order valence-electron chi connectivity index (χ0n) is 12.3. The minimum absolute atomic E-state index is 0.0312. The maximum absolute atomic E-state index is 11.6. The average Bonchev–Trinajstić information content (AvgIpc) is 2.45. The van der Waals surface area contributed by atoms with Gasteiger partial charge in [-0.2, -0.15) is 11.8 Å². The van der Waals surface area contributed by atoms with Crippen molar-refractivity contribution < 1.29 is 24.3 Å². The van der Waals surface area contributed by atoms with E-state index in [0.29, 0.717) is 5.75 Å². The van der Waals surface area contributed by atoms with Gasteiger partial charge < -0.3 is 27.2 Å². The lowest BCUT2D eigenvalue weighted by atomic mass is 10.1. The Labute approximate surface area is 132 Å². The number of hydrogen-bond donors (Lipinski definition) is 5. The number of thioether (sulfide) groups is 1. The van der Waals surface area contributed by atoms with E-state index in [1.54, 1.807) is 0 Å². The molecule has 0 spiro atoms. The number of carbonyl (C=O) groups is 4. The number of nitrogens with one attached hydrogen (secondary N) is 2. The molecule has 7 N–H and O–H groups in total. The molecule has 3 amide bonds. The molecule has 0 aromatic carbocycles. The molecule has 0 rings (SSSR count). The summed E-state index contributed by atoms with van der Waals surface area (Å²) in [6.45, 7) is -0.383. The summed E-state index contributed by atoms with van der Waals surface area (Å²) in [4.78, 5) is 44.7. The first-order chi connectivity index (χ1) is 10.3. The summed E-state index contributed by atoms with van der Waals surface area (Å²) in [5.41, 5.74) is 10.5. The van der Waals surface area contributed by atoms with Crippen LogP contribution in [0, 0.1) is 0 Å². The Balaban J connectivity index is 4.17. The van der Waals surface area contributed by atoms with E-state index in [1.807, 2.05) is 6.26 Å². The number of amides is 3. The molecular weight excluding hydrogens is 312 g/mol. The number of hydrogen-bond acceptors (Lipinski definition) is 6. The van der Waals surface area contributed by atoms with Gasteiger partial charge in [-0.1, -0.05) is 0 Å². The normalized spacial score (nSPS) is 13.0. The summed E-state index contributed by atoms with van der Waals surface area (Å²) in [5.74, 6) is -2.34. The van der Waals surface area contributed by atoms with Gasteiger partial charge in [0.2, 0.25) is 17.7 Å². The standard InChI is InChI=1S/C12H22N4O5S/c1-22-5-4-8(12(20)21)16-10(18)6-15-11(19)7(13)2-3-9(14)17/h7-8H,2-6,13H2,1H3,(H2,14,17)(H,15,19)(H,16,18)(H,20,21)/t7-,8-/m0/s1. The topological polar surface area (TPSA) is 165 Å². The zero-order chi connectivity index (χ0) is 17.1. The highest BCUT2D eigenvalue weighted by atomic mass is 32.2. The number of rotatable bonds is 11. The van der Waals surface area contributed by atoms with Crippen LogP contribution >= 0.6 is 11.8 Å².